The van der Waals surface area contributed by atoms with E-state index >= 15 is 0 Å². The van der Waals surface area contributed by atoms with E-state index in [2.05, 4.69) is 68.7 Å². The van der Waals surface area contributed by atoms with Gasteiger partial charge in [-0.05, 0) is 35.1 Å². The predicted octanol–water partition coefficient (Wildman–Crippen LogP) is 8.61. The Hall–Kier alpha value is -2.29. The molecule has 0 aliphatic carbocycles. The van der Waals surface area contributed by atoms with Gasteiger partial charge in [0.2, 0.25) is 5.69 Å². The summed E-state index contributed by atoms with van der Waals surface area (Å²) in [6.07, 6.45) is 14.3. The normalized spacial score (nSPS) is 13.7. The smallest absolute Gasteiger partial charge is 0.205 e. The van der Waals surface area contributed by atoms with Crippen LogP contribution in [0.15, 0.2) is 36.4 Å². The lowest BCUT2D eigenvalue weighted by Crippen LogP contribution is -2.27. The maximum Gasteiger partial charge on any atom is 0.205 e. The van der Waals surface area contributed by atoms with Crippen LogP contribution < -0.4 is 9.47 Å². The van der Waals surface area contributed by atoms with Crippen LogP contribution >= 0.6 is 0 Å². The van der Waals surface area contributed by atoms with Crippen LogP contribution in [0.2, 0.25) is 0 Å². The van der Waals surface area contributed by atoms with E-state index in [-0.39, 0.29) is 5.41 Å². The van der Waals surface area contributed by atoms with Crippen LogP contribution in [0.4, 0.5) is 5.69 Å². The highest BCUT2D eigenvalue weighted by molar-refractivity contribution is 6.00. The summed E-state index contributed by atoms with van der Waals surface area (Å²) in [5.41, 5.74) is 6.97. The fourth-order valence-electron chi connectivity index (χ4n) is 5.21. The van der Waals surface area contributed by atoms with E-state index in [1.54, 1.807) is 14.2 Å². The molecule has 3 nitrogen and oxygen atoms in total. The lowest BCUT2D eigenvalue weighted by molar-refractivity contribution is -0.442. The summed E-state index contributed by atoms with van der Waals surface area (Å²) in [7, 11) is 3.46. The molecule has 0 fully saturated rings. The van der Waals surface area contributed by atoms with Crippen molar-refractivity contribution in [3.8, 4) is 11.5 Å². The fourth-order valence-corrected chi connectivity index (χ4v) is 5.21. The molecule has 0 N–H and O–H groups in total. The molecule has 1 heterocycles. The van der Waals surface area contributed by atoms with Crippen LogP contribution in [0, 0.1) is 0 Å². The SMILES string of the molecule is CCCCCCCCCCCC1=[N+](c2ccc(C(C)(C)C)cc2)CCc2cc(OC)c(OC)cc21. The Morgan fingerprint density at radius 2 is 1.34 bits per heavy atom. The van der Waals surface area contributed by atoms with Gasteiger partial charge in [-0.2, -0.15) is 4.58 Å². The predicted molar refractivity (Wildman–Crippen MR) is 149 cm³/mol. The topological polar surface area (TPSA) is 21.5 Å². The van der Waals surface area contributed by atoms with E-state index in [0.29, 0.717) is 0 Å². The van der Waals surface area contributed by atoms with E-state index < -0.39 is 0 Å². The molecule has 192 valence electrons. The number of hydrogen-bond donors (Lipinski definition) is 0. The molecule has 0 radical (unpaired) electrons. The quantitative estimate of drug-likeness (QED) is 0.212. The number of nitrogens with zero attached hydrogens (tertiary/aromatic N) is 1. The zero-order valence-electron chi connectivity index (χ0n) is 23.2. The third-order valence-corrected chi connectivity index (χ3v) is 7.41. The van der Waals surface area contributed by atoms with E-state index in [4.69, 9.17) is 9.47 Å². The second kappa shape index (κ2) is 13.1. The molecule has 0 bridgehead atoms. The molecule has 0 atom stereocenters. The van der Waals surface area contributed by atoms with Gasteiger partial charge in [-0.25, -0.2) is 0 Å². The first-order valence-electron chi connectivity index (χ1n) is 13.9. The molecular formula is C32H48NO2+. The van der Waals surface area contributed by atoms with Gasteiger partial charge < -0.3 is 9.47 Å². The molecule has 3 heteroatoms. The molecule has 35 heavy (non-hydrogen) atoms. The summed E-state index contributed by atoms with van der Waals surface area (Å²) in [6.45, 7) is 10.1. The van der Waals surface area contributed by atoms with Crippen LogP contribution in [0.1, 0.15) is 109 Å². The molecule has 0 unspecified atom stereocenters. The van der Waals surface area contributed by atoms with Crippen LogP contribution in [0.3, 0.4) is 0 Å². The maximum absolute atomic E-state index is 5.69. The first-order valence-corrected chi connectivity index (χ1v) is 13.9. The Balaban J connectivity index is 1.81. The van der Waals surface area contributed by atoms with E-state index in [1.807, 2.05) is 0 Å². The second-order valence-electron chi connectivity index (χ2n) is 11.1. The zero-order valence-corrected chi connectivity index (χ0v) is 23.2. The van der Waals surface area contributed by atoms with Crippen molar-refractivity contribution in [1.82, 2.24) is 0 Å². The molecule has 1 aliphatic rings. The summed E-state index contributed by atoms with van der Waals surface area (Å²) in [5, 5.41) is 0. The Labute approximate surface area is 214 Å². The standard InChI is InChI=1S/C32H48NO2/c1-7-8-9-10-11-12-13-14-15-16-29-28-24-31(35-6)30(34-5)23-25(28)21-22-33(29)27-19-17-26(18-20-27)32(2,3)4/h17-20,23-24H,7-16,21-22H2,1-6H3/q+1. The van der Waals surface area contributed by atoms with Crippen molar-refractivity contribution in [1.29, 1.82) is 0 Å². The number of unbranched alkanes of at least 4 members (excludes halogenated alkanes) is 8. The summed E-state index contributed by atoms with van der Waals surface area (Å²) < 4.78 is 13.8. The van der Waals surface area contributed by atoms with Gasteiger partial charge in [0.15, 0.2) is 23.8 Å². The maximum atomic E-state index is 5.69. The van der Waals surface area contributed by atoms with Crippen molar-refractivity contribution in [2.75, 3.05) is 20.8 Å². The summed E-state index contributed by atoms with van der Waals surface area (Å²) in [5.74, 6) is 1.65. The van der Waals surface area contributed by atoms with Gasteiger partial charge in [-0.1, -0.05) is 91.2 Å². The van der Waals surface area contributed by atoms with Crippen molar-refractivity contribution in [3.63, 3.8) is 0 Å². The first kappa shape index (κ1) is 27.3. The lowest BCUT2D eigenvalue weighted by Gasteiger charge is -2.22. The number of rotatable bonds is 13. The third-order valence-electron chi connectivity index (χ3n) is 7.41. The van der Waals surface area contributed by atoms with Crippen molar-refractivity contribution in [3.05, 3.63) is 53.1 Å². The van der Waals surface area contributed by atoms with Gasteiger partial charge in [0, 0.05) is 30.5 Å². The second-order valence-corrected chi connectivity index (χ2v) is 11.1. The molecular weight excluding hydrogens is 430 g/mol. The largest absolute Gasteiger partial charge is 0.493 e. The number of benzene rings is 2. The lowest BCUT2D eigenvalue weighted by atomic mass is 9.87. The van der Waals surface area contributed by atoms with Gasteiger partial charge in [0.1, 0.15) is 0 Å². The Kier molecular flexibility index (Phi) is 10.2. The highest BCUT2D eigenvalue weighted by Crippen LogP contribution is 2.35. The minimum Gasteiger partial charge on any atom is -0.493 e. The molecule has 1 aliphatic heterocycles. The summed E-state index contributed by atoms with van der Waals surface area (Å²) >= 11 is 0. The molecule has 0 amide bonds. The minimum absolute atomic E-state index is 0.167. The highest BCUT2D eigenvalue weighted by atomic mass is 16.5. The van der Waals surface area contributed by atoms with E-state index in [9.17, 15) is 0 Å². The van der Waals surface area contributed by atoms with Gasteiger partial charge in [0.05, 0.1) is 14.2 Å². The minimum atomic E-state index is 0.167. The molecule has 0 spiro atoms. The summed E-state index contributed by atoms with van der Waals surface area (Å²) in [4.78, 5) is 0. The van der Waals surface area contributed by atoms with Crippen molar-refractivity contribution in [2.24, 2.45) is 0 Å². The number of methoxy groups -OCH3 is 2. The van der Waals surface area contributed by atoms with E-state index in [1.165, 1.54) is 85.9 Å². The molecule has 0 aromatic heterocycles. The molecule has 2 aromatic rings. The average molecular weight is 479 g/mol. The third kappa shape index (κ3) is 7.35. The molecule has 0 saturated heterocycles. The van der Waals surface area contributed by atoms with E-state index in [0.717, 1.165) is 30.9 Å². The Morgan fingerprint density at radius 1 is 0.771 bits per heavy atom. The van der Waals surface area contributed by atoms with Crippen LogP contribution in [-0.2, 0) is 11.8 Å². The van der Waals surface area contributed by atoms with Crippen LogP contribution in [-0.4, -0.2) is 31.1 Å². The highest BCUT2D eigenvalue weighted by Gasteiger charge is 2.29. The number of ether oxygens (including phenoxy) is 2. The molecule has 2 aromatic carbocycles. The van der Waals surface area contributed by atoms with Crippen molar-refractivity contribution < 1.29 is 14.0 Å². The van der Waals surface area contributed by atoms with Gasteiger partial charge in [0.25, 0.3) is 0 Å². The van der Waals surface area contributed by atoms with Crippen LogP contribution in [0.25, 0.3) is 0 Å². The average Bonchev–Trinajstić information content (AvgIpc) is 2.86. The Bertz CT molecular complexity index is 966. The Morgan fingerprint density at radius 3 is 1.91 bits per heavy atom. The monoisotopic (exact) mass is 478 g/mol. The van der Waals surface area contributed by atoms with Gasteiger partial charge >= 0.3 is 0 Å². The number of fused-ring (bicyclic) bond motifs is 1. The first-order chi connectivity index (χ1) is 16.9. The summed E-state index contributed by atoms with van der Waals surface area (Å²) in [6, 6.07) is 13.6. The molecule has 3 rings (SSSR count). The zero-order chi connectivity index (χ0) is 25.3. The van der Waals surface area contributed by atoms with Gasteiger partial charge in [-0.3, -0.25) is 0 Å². The van der Waals surface area contributed by atoms with Crippen LogP contribution in [0.5, 0.6) is 11.5 Å². The van der Waals surface area contributed by atoms with Gasteiger partial charge in [-0.15, -0.1) is 0 Å². The van der Waals surface area contributed by atoms with Crippen molar-refractivity contribution in [2.45, 2.75) is 104 Å². The molecule has 0 saturated carbocycles. The van der Waals surface area contributed by atoms with Crippen molar-refractivity contribution >= 4 is 11.4 Å². The fraction of sp³-hybridized carbons (Fsp3) is 0.594. The number of hydrogen-bond acceptors (Lipinski definition) is 2.